The number of carboxylic acids is 1. The van der Waals surface area contributed by atoms with Crippen LogP contribution in [-0.2, 0) is 11.2 Å². The average Bonchev–Trinajstić information content (AvgIpc) is 2.27. The van der Waals surface area contributed by atoms with Crippen molar-refractivity contribution >= 4 is 21.9 Å². The first-order chi connectivity index (χ1) is 7.65. The maximum Gasteiger partial charge on any atom is 0.307 e. The van der Waals surface area contributed by atoms with Crippen molar-refractivity contribution in [1.82, 2.24) is 0 Å². The first-order valence-electron chi connectivity index (χ1n) is 5.65. The maximum atomic E-state index is 11.2. The average molecular weight is 283 g/mol. The lowest BCUT2D eigenvalue weighted by Crippen LogP contribution is -2.27. The standard InChI is InChI=1S/C13H15BrO2/c1-2-8-9-4-3-5-12(14)10(9)6-7-11(8)13(15)16/h3-5,8,11H,2,6-7H2,1H3,(H,15,16). The smallest absolute Gasteiger partial charge is 0.307 e. The molecule has 0 aliphatic heterocycles. The number of benzene rings is 1. The lowest BCUT2D eigenvalue weighted by atomic mass is 9.74. The minimum absolute atomic E-state index is 0.166. The molecule has 0 spiro atoms. The summed E-state index contributed by atoms with van der Waals surface area (Å²) in [6, 6.07) is 6.10. The van der Waals surface area contributed by atoms with Gasteiger partial charge in [-0.15, -0.1) is 0 Å². The van der Waals surface area contributed by atoms with Gasteiger partial charge in [0.2, 0.25) is 0 Å². The van der Waals surface area contributed by atoms with Crippen molar-refractivity contribution in [2.75, 3.05) is 0 Å². The highest BCUT2D eigenvalue weighted by molar-refractivity contribution is 9.10. The van der Waals surface area contributed by atoms with Crippen LogP contribution in [0.4, 0.5) is 0 Å². The van der Waals surface area contributed by atoms with Gasteiger partial charge in [0.15, 0.2) is 0 Å². The second kappa shape index (κ2) is 4.58. The number of halogens is 1. The second-order valence-corrected chi connectivity index (χ2v) is 5.16. The summed E-state index contributed by atoms with van der Waals surface area (Å²) >= 11 is 3.55. The quantitative estimate of drug-likeness (QED) is 0.900. The molecule has 0 saturated heterocycles. The van der Waals surface area contributed by atoms with Crippen LogP contribution in [0.3, 0.4) is 0 Å². The fraction of sp³-hybridized carbons (Fsp3) is 0.462. The van der Waals surface area contributed by atoms with E-state index in [-0.39, 0.29) is 11.8 Å². The van der Waals surface area contributed by atoms with Gasteiger partial charge in [0, 0.05) is 4.47 Å². The number of rotatable bonds is 2. The highest BCUT2D eigenvalue weighted by Crippen LogP contribution is 2.40. The van der Waals surface area contributed by atoms with Crippen LogP contribution in [0.5, 0.6) is 0 Å². The van der Waals surface area contributed by atoms with Crippen LogP contribution < -0.4 is 0 Å². The molecule has 0 heterocycles. The van der Waals surface area contributed by atoms with E-state index in [0.717, 1.165) is 23.7 Å². The van der Waals surface area contributed by atoms with E-state index in [9.17, 15) is 9.90 Å². The first kappa shape index (κ1) is 11.6. The van der Waals surface area contributed by atoms with Gasteiger partial charge in [-0.3, -0.25) is 4.79 Å². The number of fused-ring (bicyclic) bond motifs is 1. The predicted molar refractivity (Wildman–Crippen MR) is 66.6 cm³/mol. The molecule has 1 aromatic carbocycles. The van der Waals surface area contributed by atoms with Gasteiger partial charge in [-0.1, -0.05) is 35.0 Å². The van der Waals surface area contributed by atoms with E-state index < -0.39 is 5.97 Å². The number of carboxylic acid groups (broad SMARTS) is 1. The molecule has 1 aliphatic rings. The fourth-order valence-corrected chi connectivity index (χ4v) is 3.28. The summed E-state index contributed by atoms with van der Waals surface area (Å²) in [4.78, 5) is 11.2. The third-order valence-electron chi connectivity index (χ3n) is 3.50. The Kier molecular flexibility index (Phi) is 3.33. The lowest BCUT2D eigenvalue weighted by molar-refractivity contribution is -0.143. The minimum atomic E-state index is -0.655. The van der Waals surface area contributed by atoms with Gasteiger partial charge in [0.1, 0.15) is 0 Å². The van der Waals surface area contributed by atoms with Crippen molar-refractivity contribution in [2.24, 2.45) is 5.92 Å². The fourth-order valence-electron chi connectivity index (χ4n) is 2.70. The molecule has 2 unspecified atom stereocenters. The Balaban J connectivity index is 2.45. The molecular formula is C13H15BrO2. The number of hydrogen-bond donors (Lipinski definition) is 1. The summed E-state index contributed by atoms with van der Waals surface area (Å²) in [6.07, 6.45) is 2.51. The molecule has 0 radical (unpaired) electrons. The number of carbonyl (C=O) groups is 1. The van der Waals surface area contributed by atoms with Crippen LogP contribution in [0.25, 0.3) is 0 Å². The van der Waals surface area contributed by atoms with Crippen LogP contribution in [0.1, 0.15) is 36.8 Å². The zero-order valence-electron chi connectivity index (χ0n) is 9.24. The van der Waals surface area contributed by atoms with Crippen molar-refractivity contribution in [3.8, 4) is 0 Å². The molecule has 2 rings (SSSR count). The summed E-state index contributed by atoms with van der Waals surface area (Å²) in [6.45, 7) is 2.07. The van der Waals surface area contributed by atoms with Crippen LogP contribution in [-0.4, -0.2) is 11.1 Å². The molecule has 0 bridgehead atoms. The summed E-state index contributed by atoms with van der Waals surface area (Å²) in [7, 11) is 0. The molecule has 0 aromatic heterocycles. The highest BCUT2D eigenvalue weighted by Gasteiger charge is 2.33. The van der Waals surface area contributed by atoms with Gasteiger partial charge in [0.25, 0.3) is 0 Å². The largest absolute Gasteiger partial charge is 0.481 e. The maximum absolute atomic E-state index is 11.2. The molecule has 2 atom stereocenters. The zero-order valence-corrected chi connectivity index (χ0v) is 10.8. The molecule has 3 heteroatoms. The van der Waals surface area contributed by atoms with Gasteiger partial charge in [0.05, 0.1) is 5.92 Å². The minimum Gasteiger partial charge on any atom is -0.481 e. The molecule has 1 aliphatic carbocycles. The lowest BCUT2D eigenvalue weighted by Gasteiger charge is -2.31. The van der Waals surface area contributed by atoms with E-state index in [0.29, 0.717) is 0 Å². The third kappa shape index (κ3) is 1.88. The Bertz CT molecular complexity index is 414. The predicted octanol–water partition coefficient (Wildman–Crippen LogP) is 3.59. The summed E-state index contributed by atoms with van der Waals surface area (Å²) < 4.78 is 1.12. The van der Waals surface area contributed by atoms with Crippen LogP contribution in [0.2, 0.25) is 0 Å². The Labute approximate surface area is 104 Å². The molecule has 1 aromatic rings. The van der Waals surface area contributed by atoms with Crippen LogP contribution in [0.15, 0.2) is 22.7 Å². The number of aliphatic carboxylic acids is 1. The summed E-state index contributed by atoms with van der Waals surface area (Å²) in [5.41, 5.74) is 2.52. The topological polar surface area (TPSA) is 37.3 Å². The van der Waals surface area contributed by atoms with E-state index in [1.165, 1.54) is 11.1 Å². The second-order valence-electron chi connectivity index (χ2n) is 4.31. The molecule has 0 saturated carbocycles. The van der Waals surface area contributed by atoms with E-state index in [1.54, 1.807) is 0 Å². The van der Waals surface area contributed by atoms with Gasteiger partial charge >= 0.3 is 5.97 Å². The van der Waals surface area contributed by atoms with Crippen LogP contribution >= 0.6 is 15.9 Å². The Morgan fingerprint density at radius 3 is 2.94 bits per heavy atom. The van der Waals surface area contributed by atoms with E-state index >= 15 is 0 Å². The van der Waals surface area contributed by atoms with Crippen molar-refractivity contribution in [3.05, 3.63) is 33.8 Å². The van der Waals surface area contributed by atoms with Crippen molar-refractivity contribution in [1.29, 1.82) is 0 Å². The van der Waals surface area contributed by atoms with E-state index in [1.807, 2.05) is 12.1 Å². The van der Waals surface area contributed by atoms with Gasteiger partial charge < -0.3 is 5.11 Å². The Morgan fingerprint density at radius 2 is 2.31 bits per heavy atom. The van der Waals surface area contributed by atoms with E-state index in [4.69, 9.17) is 0 Å². The normalized spacial score (nSPS) is 23.9. The van der Waals surface area contributed by atoms with Crippen molar-refractivity contribution in [2.45, 2.75) is 32.1 Å². The molecule has 0 amide bonds. The molecule has 86 valence electrons. The van der Waals surface area contributed by atoms with Gasteiger partial charge in [-0.25, -0.2) is 0 Å². The summed E-state index contributed by atoms with van der Waals surface area (Å²) in [5.74, 6) is -0.706. The summed E-state index contributed by atoms with van der Waals surface area (Å²) in [5, 5.41) is 9.22. The first-order valence-corrected chi connectivity index (χ1v) is 6.44. The molecular weight excluding hydrogens is 268 g/mol. The molecule has 0 fully saturated rings. The molecule has 2 nitrogen and oxygen atoms in total. The molecule has 1 N–H and O–H groups in total. The third-order valence-corrected chi connectivity index (χ3v) is 4.25. The zero-order chi connectivity index (χ0) is 11.7. The molecule has 16 heavy (non-hydrogen) atoms. The Morgan fingerprint density at radius 1 is 1.56 bits per heavy atom. The van der Waals surface area contributed by atoms with Gasteiger partial charge in [-0.05, 0) is 42.4 Å². The van der Waals surface area contributed by atoms with Crippen molar-refractivity contribution in [3.63, 3.8) is 0 Å². The number of hydrogen-bond acceptors (Lipinski definition) is 1. The Hall–Kier alpha value is -0.830. The SMILES string of the molecule is CCC1c2cccc(Br)c2CCC1C(=O)O. The van der Waals surface area contributed by atoms with Crippen molar-refractivity contribution < 1.29 is 9.90 Å². The van der Waals surface area contributed by atoms with Gasteiger partial charge in [-0.2, -0.15) is 0 Å². The van der Waals surface area contributed by atoms with Crippen LogP contribution in [0, 0.1) is 5.92 Å². The highest BCUT2D eigenvalue weighted by atomic mass is 79.9. The van der Waals surface area contributed by atoms with E-state index in [2.05, 4.69) is 28.9 Å². The monoisotopic (exact) mass is 282 g/mol.